The number of ether oxygens (including phenoxy) is 1. The van der Waals surface area contributed by atoms with Gasteiger partial charge in [0.15, 0.2) is 0 Å². The van der Waals surface area contributed by atoms with Gasteiger partial charge in [0.25, 0.3) is 0 Å². The van der Waals surface area contributed by atoms with Crippen molar-refractivity contribution in [2.75, 3.05) is 6.61 Å². The zero-order valence-corrected chi connectivity index (χ0v) is 12.9. The van der Waals surface area contributed by atoms with Gasteiger partial charge in [0, 0.05) is 19.6 Å². The van der Waals surface area contributed by atoms with Gasteiger partial charge in [-0.05, 0) is 38.3 Å². The molecule has 2 aromatic rings. The summed E-state index contributed by atoms with van der Waals surface area (Å²) in [6.45, 7) is 5.85. The van der Waals surface area contributed by atoms with Crippen LogP contribution in [0.3, 0.4) is 0 Å². The van der Waals surface area contributed by atoms with Gasteiger partial charge < -0.3 is 14.4 Å². The van der Waals surface area contributed by atoms with Crippen LogP contribution in [-0.4, -0.2) is 33.0 Å². The minimum absolute atomic E-state index is 0.421. The number of aliphatic hydroxyl groups excluding tert-OH is 1. The zero-order valence-electron chi connectivity index (χ0n) is 12.9. The molecule has 114 valence electrons. The molecular formula is C17H24N2O2. The maximum atomic E-state index is 10.6. The second-order valence-corrected chi connectivity index (χ2v) is 6.15. The van der Waals surface area contributed by atoms with E-state index in [1.807, 2.05) is 25.1 Å². The molecule has 2 unspecified atom stereocenters. The Morgan fingerprint density at radius 1 is 1.43 bits per heavy atom. The number of fused-ring (bicyclic) bond motifs is 1. The highest BCUT2D eigenvalue weighted by Crippen LogP contribution is 2.30. The predicted octanol–water partition coefficient (Wildman–Crippen LogP) is 2.92. The lowest BCUT2D eigenvalue weighted by molar-refractivity contribution is -0.0776. The Kier molecular flexibility index (Phi) is 4.00. The van der Waals surface area contributed by atoms with Crippen LogP contribution in [0.2, 0.25) is 0 Å². The van der Waals surface area contributed by atoms with E-state index >= 15 is 0 Å². The van der Waals surface area contributed by atoms with Gasteiger partial charge in [-0.3, -0.25) is 0 Å². The smallest absolute Gasteiger partial charge is 0.112 e. The molecule has 3 rings (SSSR count). The van der Waals surface area contributed by atoms with E-state index in [2.05, 4.69) is 17.6 Å². The summed E-state index contributed by atoms with van der Waals surface area (Å²) in [6.07, 6.45) is 3.04. The lowest BCUT2D eigenvalue weighted by Crippen LogP contribution is -2.40. The lowest BCUT2D eigenvalue weighted by atomic mass is 9.93. The highest BCUT2D eigenvalue weighted by molar-refractivity contribution is 5.75. The van der Waals surface area contributed by atoms with Gasteiger partial charge >= 0.3 is 0 Å². The van der Waals surface area contributed by atoms with Crippen molar-refractivity contribution in [3.8, 4) is 0 Å². The molecule has 0 aliphatic carbocycles. The molecule has 2 heterocycles. The molecule has 4 nitrogen and oxygen atoms in total. The summed E-state index contributed by atoms with van der Waals surface area (Å²) in [4.78, 5) is 4.72. The second-order valence-electron chi connectivity index (χ2n) is 6.15. The fraction of sp³-hybridized carbons (Fsp3) is 0.588. The fourth-order valence-electron chi connectivity index (χ4n) is 3.21. The van der Waals surface area contributed by atoms with Gasteiger partial charge in [-0.15, -0.1) is 0 Å². The van der Waals surface area contributed by atoms with Gasteiger partial charge in [-0.1, -0.05) is 19.1 Å². The Labute approximate surface area is 125 Å². The number of benzene rings is 1. The number of rotatable bonds is 5. The highest BCUT2D eigenvalue weighted by atomic mass is 16.5. The number of aromatic nitrogens is 2. The monoisotopic (exact) mass is 288 g/mol. The van der Waals surface area contributed by atoms with Crippen molar-refractivity contribution in [3.05, 3.63) is 30.1 Å². The Balaban J connectivity index is 1.90. The molecule has 0 bridgehead atoms. The largest absolute Gasteiger partial charge is 0.390 e. The van der Waals surface area contributed by atoms with Crippen LogP contribution in [0.25, 0.3) is 11.0 Å². The molecule has 1 saturated heterocycles. The van der Waals surface area contributed by atoms with Gasteiger partial charge in [0.2, 0.25) is 0 Å². The SMILES string of the molecule is CCCn1c(CC(O)C2(C)CCCO2)nc2ccccc21. The van der Waals surface area contributed by atoms with Crippen molar-refractivity contribution in [1.29, 1.82) is 0 Å². The molecule has 1 aromatic carbocycles. The molecule has 1 aliphatic heterocycles. The molecule has 2 atom stereocenters. The summed E-state index contributed by atoms with van der Waals surface area (Å²) in [5, 5.41) is 10.6. The van der Waals surface area contributed by atoms with Crippen LogP contribution in [-0.2, 0) is 17.7 Å². The third kappa shape index (κ3) is 2.70. The Morgan fingerprint density at radius 2 is 2.24 bits per heavy atom. The van der Waals surface area contributed by atoms with Crippen molar-refractivity contribution >= 4 is 11.0 Å². The van der Waals surface area contributed by atoms with E-state index < -0.39 is 11.7 Å². The van der Waals surface area contributed by atoms with Crippen molar-refractivity contribution in [3.63, 3.8) is 0 Å². The molecule has 1 aliphatic rings. The summed E-state index contributed by atoms with van der Waals surface area (Å²) in [5.41, 5.74) is 1.74. The third-order valence-corrected chi connectivity index (χ3v) is 4.51. The molecule has 0 saturated carbocycles. The standard InChI is InChI=1S/C17H24N2O2/c1-3-10-19-14-8-5-4-7-13(14)18-16(19)12-15(20)17(2)9-6-11-21-17/h4-5,7-8,15,20H,3,6,9-12H2,1-2H3. The van der Waals surface area contributed by atoms with Crippen molar-refractivity contribution in [1.82, 2.24) is 9.55 Å². The van der Waals surface area contributed by atoms with Crippen LogP contribution in [0.4, 0.5) is 0 Å². The molecule has 0 spiro atoms. The first-order chi connectivity index (χ1) is 10.1. The summed E-state index contributed by atoms with van der Waals surface area (Å²) in [7, 11) is 0. The quantitative estimate of drug-likeness (QED) is 0.920. The topological polar surface area (TPSA) is 47.3 Å². The van der Waals surface area contributed by atoms with Crippen LogP contribution in [0.15, 0.2) is 24.3 Å². The van der Waals surface area contributed by atoms with Crippen molar-refractivity contribution < 1.29 is 9.84 Å². The highest BCUT2D eigenvalue weighted by Gasteiger charge is 2.38. The number of hydrogen-bond donors (Lipinski definition) is 1. The number of aliphatic hydroxyl groups is 1. The molecule has 21 heavy (non-hydrogen) atoms. The lowest BCUT2D eigenvalue weighted by Gasteiger charge is -2.29. The predicted molar refractivity (Wildman–Crippen MR) is 83.3 cm³/mol. The maximum absolute atomic E-state index is 10.6. The summed E-state index contributed by atoms with van der Waals surface area (Å²) < 4.78 is 7.99. The third-order valence-electron chi connectivity index (χ3n) is 4.51. The van der Waals surface area contributed by atoms with Gasteiger partial charge in [-0.2, -0.15) is 0 Å². The molecule has 0 radical (unpaired) electrons. The van der Waals surface area contributed by atoms with Crippen LogP contribution >= 0.6 is 0 Å². The Morgan fingerprint density at radius 3 is 2.95 bits per heavy atom. The van der Waals surface area contributed by atoms with E-state index in [1.165, 1.54) is 0 Å². The first-order valence-corrected chi connectivity index (χ1v) is 7.90. The Hall–Kier alpha value is -1.39. The molecule has 1 N–H and O–H groups in total. The number of nitrogens with zero attached hydrogens (tertiary/aromatic N) is 2. The summed E-state index contributed by atoms with van der Waals surface area (Å²) in [6, 6.07) is 8.18. The van der Waals surface area contributed by atoms with Crippen LogP contribution in [0.5, 0.6) is 0 Å². The molecular weight excluding hydrogens is 264 g/mol. The Bertz CT molecular complexity index is 614. The molecule has 4 heteroatoms. The van der Waals surface area contributed by atoms with Gasteiger partial charge in [-0.25, -0.2) is 4.98 Å². The van der Waals surface area contributed by atoms with E-state index in [1.54, 1.807) is 0 Å². The molecule has 1 aromatic heterocycles. The zero-order chi connectivity index (χ0) is 14.9. The average molecular weight is 288 g/mol. The maximum Gasteiger partial charge on any atom is 0.112 e. The van der Waals surface area contributed by atoms with Crippen molar-refractivity contribution in [2.45, 2.75) is 57.8 Å². The average Bonchev–Trinajstić information content (AvgIpc) is 3.06. The van der Waals surface area contributed by atoms with E-state index in [0.29, 0.717) is 6.42 Å². The molecule has 1 fully saturated rings. The van der Waals surface area contributed by atoms with Gasteiger partial charge in [0.1, 0.15) is 5.82 Å². The molecule has 0 amide bonds. The van der Waals surface area contributed by atoms with Gasteiger partial charge in [0.05, 0.1) is 22.7 Å². The fourth-order valence-corrected chi connectivity index (χ4v) is 3.21. The first-order valence-electron chi connectivity index (χ1n) is 7.90. The first kappa shape index (κ1) is 14.5. The number of aryl methyl sites for hydroxylation is 1. The minimum Gasteiger partial charge on any atom is -0.390 e. The van der Waals surface area contributed by atoms with E-state index in [0.717, 1.165) is 49.3 Å². The van der Waals surface area contributed by atoms with Crippen LogP contribution < -0.4 is 0 Å². The number of para-hydroxylation sites is 2. The van der Waals surface area contributed by atoms with Crippen molar-refractivity contribution in [2.24, 2.45) is 0 Å². The van der Waals surface area contributed by atoms with E-state index in [4.69, 9.17) is 9.72 Å². The number of hydrogen-bond acceptors (Lipinski definition) is 3. The number of imidazole rings is 1. The minimum atomic E-state index is -0.507. The van der Waals surface area contributed by atoms with E-state index in [-0.39, 0.29) is 0 Å². The summed E-state index contributed by atoms with van der Waals surface area (Å²) >= 11 is 0. The normalized spacial score (nSPS) is 23.8. The second kappa shape index (κ2) is 5.78. The van der Waals surface area contributed by atoms with Crippen LogP contribution in [0, 0.1) is 0 Å². The van der Waals surface area contributed by atoms with Crippen LogP contribution in [0.1, 0.15) is 38.9 Å². The summed E-state index contributed by atoms with van der Waals surface area (Å²) in [5.74, 6) is 0.960. The van der Waals surface area contributed by atoms with E-state index in [9.17, 15) is 5.11 Å².